The minimum Gasteiger partial charge on any atom is -0.383 e. The standard InChI is InChI=1S/C13H16N4S2/c1-18-13-16-11(14)7-12(17-13)15-9-3-2-4-10-8(9)5-6-19-10/h5-7,9H,2-4H2,1H3,(H3,14,15,16,17). The van der Waals surface area contributed by atoms with E-state index >= 15 is 0 Å². The van der Waals surface area contributed by atoms with Crippen molar-refractivity contribution in [2.24, 2.45) is 0 Å². The Hall–Kier alpha value is -1.27. The lowest BCUT2D eigenvalue weighted by molar-refractivity contribution is 0.606. The van der Waals surface area contributed by atoms with E-state index in [1.807, 2.05) is 17.6 Å². The van der Waals surface area contributed by atoms with Crippen LogP contribution in [-0.2, 0) is 6.42 Å². The zero-order chi connectivity index (χ0) is 13.2. The third-order valence-electron chi connectivity index (χ3n) is 3.28. The Morgan fingerprint density at radius 2 is 2.37 bits per heavy atom. The quantitative estimate of drug-likeness (QED) is 0.671. The maximum Gasteiger partial charge on any atom is 0.191 e. The topological polar surface area (TPSA) is 63.8 Å². The summed E-state index contributed by atoms with van der Waals surface area (Å²) in [5.74, 6) is 1.34. The summed E-state index contributed by atoms with van der Waals surface area (Å²) in [5, 5.41) is 6.39. The number of hydrogen-bond acceptors (Lipinski definition) is 6. The van der Waals surface area contributed by atoms with Gasteiger partial charge in [-0.05, 0) is 42.5 Å². The van der Waals surface area contributed by atoms with E-state index in [1.54, 1.807) is 6.07 Å². The zero-order valence-corrected chi connectivity index (χ0v) is 12.4. The van der Waals surface area contributed by atoms with Crippen molar-refractivity contribution < 1.29 is 0 Å². The van der Waals surface area contributed by atoms with Gasteiger partial charge in [0.1, 0.15) is 11.6 Å². The van der Waals surface area contributed by atoms with Crippen molar-refractivity contribution in [1.82, 2.24) is 9.97 Å². The van der Waals surface area contributed by atoms with Crippen LogP contribution in [0.3, 0.4) is 0 Å². The van der Waals surface area contributed by atoms with Gasteiger partial charge in [0.05, 0.1) is 6.04 Å². The molecule has 19 heavy (non-hydrogen) atoms. The Kier molecular flexibility index (Phi) is 3.61. The lowest BCUT2D eigenvalue weighted by Crippen LogP contribution is -2.16. The molecule has 0 saturated heterocycles. The van der Waals surface area contributed by atoms with Crippen molar-refractivity contribution in [3.63, 3.8) is 0 Å². The summed E-state index contributed by atoms with van der Waals surface area (Å²) in [4.78, 5) is 10.1. The maximum atomic E-state index is 5.81. The number of fused-ring (bicyclic) bond motifs is 1. The van der Waals surface area contributed by atoms with Crippen LogP contribution in [0.15, 0.2) is 22.7 Å². The third-order valence-corrected chi connectivity index (χ3v) is 4.83. The molecule has 2 heterocycles. The summed E-state index contributed by atoms with van der Waals surface area (Å²) in [6.07, 6.45) is 5.52. The van der Waals surface area contributed by atoms with Gasteiger partial charge in [-0.15, -0.1) is 11.3 Å². The molecule has 1 atom stereocenters. The molecule has 0 aromatic carbocycles. The van der Waals surface area contributed by atoms with E-state index in [9.17, 15) is 0 Å². The van der Waals surface area contributed by atoms with Crippen LogP contribution in [0.4, 0.5) is 11.6 Å². The van der Waals surface area contributed by atoms with Crippen LogP contribution in [0.1, 0.15) is 29.3 Å². The molecule has 2 aromatic rings. The lowest BCUT2D eigenvalue weighted by Gasteiger charge is -2.24. The van der Waals surface area contributed by atoms with Gasteiger partial charge in [-0.3, -0.25) is 0 Å². The Morgan fingerprint density at radius 1 is 1.47 bits per heavy atom. The minimum atomic E-state index is 0.346. The molecule has 1 aliphatic rings. The van der Waals surface area contributed by atoms with Crippen LogP contribution in [-0.4, -0.2) is 16.2 Å². The van der Waals surface area contributed by atoms with Crippen molar-refractivity contribution in [3.05, 3.63) is 28.0 Å². The Morgan fingerprint density at radius 3 is 3.21 bits per heavy atom. The van der Waals surface area contributed by atoms with Crippen molar-refractivity contribution in [3.8, 4) is 0 Å². The van der Waals surface area contributed by atoms with Crippen LogP contribution < -0.4 is 11.1 Å². The lowest BCUT2D eigenvalue weighted by atomic mass is 9.94. The Bertz CT molecular complexity index is 582. The van der Waals surface area contributed by atoms with E-state index in [-0.39, 0.29) is 0 Å². The second-order valence-corrected chi connectivity index (χ2v) is 6.33. The molecule has 3 N–H and O–H groups in total. The first kappa shape index (κ1) is 12.7. The summed E-state index contributed by atoms with van der Waals surface area (Å²) in [6, 6.07) is 4.37. The summed E-state index contributed by atoms with van der Waals surface area (Å²) < 4.78 is 0. The van der Waals surface area contributed by atoms with E-state index in [0.29, 0.717) is 17.0 Å². The molecule has 1 unspecified atom stereocenters. The fourth-order valence-electron chi connectivity index (χ4n) is 2.42. The molecular weight excluding hydrogens is 276 g/mol. The molecule has 0 saturated carbocycles. The number of aryl methyl sites for hydroxylation is 1. The normalized spacial score (nSPS) is 18.1. The molecule has 0 aliphatic heterocycles. The summed E-state index contributed by atoms with van der Waals surface area (Å²) in [5.41, 5.74) is 7.23. The van der Waals surface area contributed by atoms with Crippen LogP contribution >= 0.6 is 23.1 Å². The van der Waals surface area contributed by atoms with Crippen molar-refractivity contribution in [2.45, 2.75) is 30.5 Å². The molecule has 0 radical (unpaired) electrons. The molecule has 6 heteroatoms. The van der Waals surface area contributed by atoms with Gasteiger partial charge in [-0.1, -0.05) is 11.8 Å². The summed E-state index contributed by atoms with van der Waals surface area (Å²) in [7, 11) is 0. The molecule has 0 spiro atoms. The SMILES string of the molecule is CSc1nc(N)cc(NC2CCCc3sccc32)n1. The predicted molar refractivity (Wildman–Crippen MR) is 81.8 cm³/mol. The van der Waals surface area contributed by atoms with Crippen LogP contribution in [0, 0.1) is 0 Å². The van der Waals surface area contributed by atoms with Gasteiger partial charge in [0.25, 0.3) is 0 Å². The maximum absolute atomic E-state index is 5.81. The predicted octanol–water partition coefficient (Wildman–Crippen LogP) is 3.33. The number of thioether (sulfide) groups is 1. The highest BCUT2D eigenvalue weighted by Gasteiger charge is 2.21. The first-order valence-electron chi connectivity index (χ1n) is 6.27. The molecule has 0 bridgehead atoms. The third kappa shape index (κ3) is 2.69. The fourth-order valence-corrected chi connectivity index (χ4v) is 3.80. The first-order chi connectivity index (χ1) is 9.26. The molecular formula is C13H16N4S2. The minimum absolute atomic E-state index is 0.346. The van der Waals surface area contributed by atoms with E-state index in [4.69, 9.17) is 5.73 Å². The number of thiophene rings is 1. The number of nitrogens with one attached hydrogen (secondary N) is 1. The highest BCUT2D eigenvalue weighted by molar-refractivity contribution is 7.98. The first-order valence-corrected chi connectivity index (χ1v) is 8.38. The summed E-state index contributed by atoms with van der Waals surface area (Å²) >= 11 is 3.36. The number of nitrogen functional groups attached to an aromatic ring is 1. The van der Waals surface area contributed by atoms with Gasteiger partial charge in [0.15, 0.2) is 5.16 Å². The molecule has 0 fully saturated rings. The largest absolute Gasteiger partial charge is 0.383 e. The Balaban J connectivity index is 1.85. The molecule has 2 aromatic heterocycles. The van der Waals surface area contributed by atoms with Crippen molar-refractivity contribution in [2.75, 3.05) is 17.3 Å². The van der Waals surface area contributed by atoms with E-state index in [2.05, 4.69) is 26.7 Å². The number of rotatable bonds is 3. The van der Waals surface area contributed by atoms with Crippen LogP contribution in [0.25, 0.3) is 0 Å². The van der Waals surface area contributed by atoms with Gasteiger partial charge in [-0.2, -0.15) is 0 Å². The zero-order valence-electron chi connectivity index (χ0n) is 10.7. The second kappa shape index (κ2) is 5.38. The number of nitrogens with zero attached hydrogens (tertiary/aromatic N) is 2. The highest BCUT2D eigenvalue weighted by atomic mass is 32.2. The van der Waals surface area contributed by atoms with Gasteiger partial charge in [0, 0.05) is 10.9 Å². The molecule has 0 amide bonds. The van der Waals surface area contributed by atoms with Gasteiger partial charge < -0.3 is 11.1 Å². The molecule has 100 valence electrons. The Labute approximate surface area is 120 Å². The van der Waals surface area contributed by atoms with E-state index in [0.717, 1.165) is 12.2 Å². The number of nitrogens with two attached hydrogens (primary N) is 1. The van der Waals surface area contributed by atoms with E-state index < -0.39 is 0 Å². The highest BCUT2D eigenvalue weighted by Crippen LogP contribution is 2.35. The molecule has 4 nitrogen and oxygen atoms in total. The van der Waals surface area contributed by atoms with Crippen molar-refractivity contribution >= 4 is 34.7 Å². The van der Waals surface area contributed by atoms with Crippen LogP contribution in [0.5, 0.6) is 0 Å². The van der Waals surface area contributed by atoms with Crippen molar-refractivity contribution in [1.29, 1.82) is 0 Å². The average Bonchev–Trinajstić information content (AvgIpc) is 2.87. The van der Waals surface area contributed by atoms with Gasteiger partial charge in [-0.25, -0.2) is 9.97 Å². The monoisotopic (exact) mass is 292 g/mol. The number of hydrogen-bond donors (Lipinski definition) is 2. The van der Waals surface area contributed by atoms with Gasteiger partial charge in [0.2, 0.25) is 0 Å². The summed E-state index contributed by atoms with van der Waals surface area (Å²) in [6.45, 7) is 0. The molecule has 1 aliphatic carbocycles. The molecule has 3 rings (SSSR count). The number of aromatic nitrogens is 2. The second-order valence-electron chi connectivity index (χ2n) is 4.55. The van der Waals surface area contributed by atoms with E-state index in [1.165, 1.54) is 35.0 Å². The smallest absolute Gasteiger partial charge is 0.191 e. The average molecular weight is 292 g/mol. The van der Waals surface area contributed by atoms with Gasteiger partial charge >= 0.3 is 0 Å². The van der Waals surface area contributed by atoms with Crippen LogP contribution in [0.2, 0.25) is 0 Å². The number of anilines is 2. The fraction of sp³-hybridized carbons (Fsp3) is 0.385.